The van der Waals surface area contributed by atoms with Crippen molar-refractivity contribution in [2.75, 3.05) is 11.3 Å². The summed E-state index contributed by atoms with van der Waals surface area (Å²) >= 11 is 1.33. The van der Waals surface area contributed by atoms with Gasteiger partial charge in [0.15, 0.2) is 0 Å². The molecule has 0 saturated carbocycles. The Bertz CT molecular complexity index is 680. The second kappa shape index (κ2) is 6.25. The zero-order valence-corrected chi connectivity index (χ0v) is 12.6. The first-order chi connectivity index (χ1) is 9.56. The molecule has 7 heteroatoms. The largest absolute Gasteiger partial charge is 0.492 e. The van der Waals surface area contributed by atoms with Crippen LogP contribution in [0.3, 0.4) is 0 Å². The van der Waals surface area contributed by atoms with E-state index in [4.69, 9.17) is 10.5 Å². The van der Waals surface area contributed by atoms with Crippen LogP contribution >= 0.6 is 11.3 Å². The van der Waals surface area contributed by atoms with E-state index in [0.717, 1.165) is 4.88 Å². The zero-order valence-electron chi connectivity index (χ0n) is 11.0. The maximum atomic E-state index is 12.3. The first-order valence-electron chi connectivity index (χ1n) is 6.09. The van der Waals surface area contributed by atoms with E-state index >= 15 is 0 Å². The fourth-order valence-corrected chi connectivity index (χ4v) is 3.87. The number of ether oxygens (including phenoxy) is 1. The average molecular weight is 312 g/mol. The molecule has 0 radical (unpaired) electrons. The van der Waals surface area contributed by atoms with E-state index < -0.39 is 10.0 Å². The summed E-state index contributed by atoms with van der Waals surface area (Å²) in [5.74, 6) is 0.507. The van der Waals surface area contributed by atoms with Gasteiger partial charge in [0.25, 0.3) is 10.0 Å². The number of anilines is 1. The van der Waals surface area contributed by atoms with Crippen LogP contribution < -0.4 is 15.2 Å². The molecule has 0 amide bonds. The first-order valence-corrected chi connectivity index (χ1v) is 8.45. The number of nitrogens with one attached hydrogen (secondary N) is 1. The van der Waals surface area contributed by atoms with Gasteiger partial charge in [-0.25, -0.2) is 8.42 Å². The van der Waals surface area contributed by atoms with Crippen LogP contribution in [0.2, 0.25) is 0 Å². The summed E-state index contributed by atoms with van der Waals surface area (Å²) in [6, 6.07) is 8.51. The quantitative estimate of drug-likeness (QED) is 0.858. The Kier molecular flexibility index (Phi) is 4.64. The minimum atomic E-state index is -3.62. The van der Waals surface area contributed by atoms with Gasteiger partial charge in [-0.1, -0.05) is 12.1 Å². The molecule has 0 spiro atoms. The van der Waals surface area contributed by atoms with E-state index in [9.17, 15) is 8.42 Å². The normalized spacial score (nSPS) is 11.3. The van der Waals surface area contributed by atoms with Gasteiger partial charge in [0.05, 0.1) is 17.2 Å². The molecule has 0 saturated heterocycles. The number of hydrogen-bond acceptors (Lipinski definition) is 5. The van der Waals surface area contributed by atoms with E-state index in [1.54, 1.807) is 35.7 Å². The van der Waals surface area contributed by atoms with E-state index in [2.05, 4.69) is 4.72 Å². The average Bonchev–Trinajstić information content (AvgIpc) is 2.91. The van der Waals surface area contributed by atoms with Gasteiger partial charge in [-0.15, -0.1) is 11.3 Å². The third-order valence-electron chi connectivity index (χ3n) is 2.57. The number of sulfonamides is 1. The Morgan fingerprint density at radius 1 is 1.35 bits per heavy atom. The van der Waals surface area contributed by atoms with Crippen LogP contribution in [0.4, 0.5) is 5.69 Å². The van der Waals surface area contributed by atoms with Crippen LogP contribution in [0.5, 0.6) is 5.75 Å². The summed E-state index contributed by atoms with van der Waals surface area (Å²) in [5.41, 5.74) is 5.92. The van der Waals surface area contributed by atoms with Crippen molar-refractivity contribution in [1.29, 1.82) is 0 Å². The van der Waals surface area contributed by atoms with Crippen molar-refractivity contribution >= 4 is 27.0 Å². The fourth-order valence-electron chi connectivity index (χ4n) is 1.64. The van der Waals surface area contributed by atoms with E-state index in [1.165, 1.54) is 11.3 Å². The molecule has 5 nitrogen and oxygen atoms in total. The fraction of sp³-hybridized carbons (Fsp3) is 0.231. The molecule has 0 unspecified atom stereocenters. The minimum Gasteiger partial charge on any atom is -0.492 e. The number of hydrogen-bond donors (Lipinski definition) is 2. The van der Waals surface area contributed by atoms with Crippen molar-refractivity contribution < 1.29 is 13.2 Å². The Morgan fingerprint density at radius 2 is 2.10 bits per heavy atom. The molecule has 0 aliphatic rings. The predicted octanol–water partition coefficient (Wildman–Crippen LogP) is 2.41. The van der Waals surface area contributed by atoms with Crippen molar-refractivity contribution in [3.8, 4) is 5.75 Å². The van der Waals surface area contributed by atoms with Crippen LogP contribution in [-0.4, -0.2) is 15.0 Å². The highest BCUT2D eigenvalue weighted by Gasteiger charge is 2.18. The third-order valence-corrected chi connectivity index (χ3v) is 5.03. The standard InChI is InChI=1S/C13H16N2O3S2/c1-2-18-13-6-4-3-5-12(13)15-20(16,17)11-7-10(8-14)19-9-11/h3-7,9,15H,2,8,14H2,1H3. The van der Waals surface area contributed by atoms with Crippen molar-refractivity contribution in [2.45, 2.75) is 18.4 Å². The highest BCUT2D eigenvalue weighted by Crippen LogP contribution is 2.28. The predicted molar refractivity (Wildman–Crippen MR) is 80.6 cm³/mol. The molecule has 3 N–H and O–H groups in total. The van der Waals surface area contributed by atoms with E-state index in [0.29, 0.717) is 24.6 Å². The van der Waals surface area contributed by atoms with Gasteiger partial charge in [0.1, 0.15) is 5.75 Å². The summed E-state index contributed by atoms with van der Waals surface area (Å²) in [5, 5.41) is 1.58. The molecular formula is C13H16N2O3S2. The Morgan fingerprint density at radius 3 is 2.75 bits per heavy atom. The monoisotopic (exact) mass is 312 g/mol. The summed E-state index contributed by atoms with van der Waals surface area (Å²) in [7, 11) is -3.62. The molecule has 1 aromatic heterocycles. The van der Waals surface area contributed by atoms with Gasteiger partial charge in [-0.2, -0.15) is 0 Å². The van der Waals surface area contributed by atoms with Crippen molar-refractivity contribution in [2.24, 2.45) is 5.73 Å². The molecule has 0 fully saturated rings. The number of rotatable bonds is 6. The molecule has 0 aliphatic carbocycles. The van der Waals surface area contributed by atoms with Crippen LogP contribution in [0, 0.1) is 0 Å². The van der Waals surface area contributed by atoms with Crippen LogP contribution in [0.15, 0.2) is 40.6 Å². The lowest BCUT2D eigenvalue weighted by Gasteiger charge is -2.11. The molecule has 0 bridgehead atoms. The number of para-hydroxylation sites is 2. The maximum Gasteiger partial charge on any atom is 0.262 e. The smallest absolute Gasteiger partial charge is 0.262 e. The number of nitrogens with two attached hydrogens (primary N) is 1. The van der Waals surface area contributed by atoms with Crippen molar-refractivity contribution in [3.05, 3.63) is 40.6 Å². The summed E-state index contributed by atoms with van der Waals surface area (Å²) < 4.78 is 32.5. The van der Waals surface area contributed by atoms with Gasteiger partial charge in [-0.3, -0.25) is 4.72 Å². The summed E-state index contributed by atoms with van der Waals surface area (Å²) in [4.78, 5) is 1.04. The third kappa shape index (κ3) is 3.30. The lowest BCUT2D eigenvalue weighted by Crippen LogP contribution is -2.13. The Labute approximate surface area is 122 Å². The molecule has 0 atom stereocenters. The first kappa shape index (κ1) is 14.8. The lowest BCUT2D eigenvalue weighted by molar-refractivity contribution is 0.342. The molecule has 0 aliphatic heterocycles. The molecule has 2 rings (SSSR count). The molecule has 1 heterocycles. The zero-order chi connectivity index (χ0) is 14.6. The van der Waals surface area contributed by atoms with E-state index in [1.807, 2.05) is 6.92 Å². The second-order valence-corrected chi connectivity index (χ2v) is 6.67. The van der Waals surface area contributed by atoms with Gasteiger partial charge in [0.2, 0.25) is 0 Å². The Hall–Kier alpha value is -1.57. The highest BCUT2D eigenvalue weighted by atomic mass is 32.2. The highest BCUT2D eigenvalue weighted by molar-refractivity contribution is 7.92. The number of thiophene rings is 1. The topological polar surface area (TPSA) is 81.4 Å². The van der Waals surface area contributed by atoms with Crippen LogP contribution in [0.25, 0.3) is 0 Å². The molecular weight excluding hydrogens is 296 g/mol. The molecule has 108 valence electrons. The van der Waals surface area contributed by atoms with Gasteiger partial charge < -0.3 is 10.5 Å². The molecule has 20 heavy (non-hydrogen) atoms. The van der Waals surface area contributed by atoms with Gasteiger partial charge in [0, 0.05) is 16.8 Å². The van der Waals surface area contributed by atoms with Crippen LogP contribution in [0.1, 0.15) is 11.8 Å². The summed E-state index contributed by atoms with van der Waals surface area (Å²) in [6.07, 6.45) is 0. The SMILES string of the molecule is CCOc1ccccc1NS(=O)(=O)c1csc(CN)c1. The van der Waals surface area contributed by atoms with Crippen LogP contribution in [-0.2, 0) is 16.6 Å². The second-order valence-electron chi connectivity index (χ2n) is 3.99. The van der Waals surface area contributed by atoms with Crippen molar-refractivity contribution in [3.63, 3.8) is 0 Å². The summed E-state index contributed by atoms with van der Waals surface area (Å²) in [6.45, 7) is 2.64. The van der Waals surface area contributed by atoms with Gasteiger partial charge in [-0.05, 0) is 25.1 Å². The Balaban J connectivity index is 2.28. The number of benzene rings is 1. The lowest BCUT2D eigenvalue weighted by atomic mass is 10.3. The van der Waals surface area contributed by atoms with E-state index in [-0.39, 0.29) is 4.90 Å². The van der Waals surface area contributed by atoms with Gasteiger partial charge >= 0.3 is 0 Å². The minimum absolute atomic E-state index is 0.217. The van der Waals surface area contributed by atoms with Crippen molar-refractivity contribution in [1.82, 2.24) is 0 Å². The molecule has 2 aromatic rings. The molecule has 1 aromatic carbocycles. The maximum absolute atomic E-state index is 12.3.